The van der Waals surface area contributed by atoms with Gasteiger partial charge < -0.3 is 19.7 Å². The summed E-state index contributed by atoms with van der Waals surface area (Å²) in [5.74, 6) is -0.330. The van der Waals surface area contributed by atoms with Gasteiger partial charge in [0, 0.05) is 11.6 Å². The Morgan fingerprint density at radius 2 is 1.75 bits per heavy atom. The van der Waals surface area contributed by atoms with Crippen LogP contribution in [0.25, 0.3) is 0 Å². The van der Waals surface area contributed by atoms with E-state index < -0.39 is 11.7 Å². The Balaban J connectivity index is 2.13. The fourth-order valence-electron chi connectivity index (χ4n) is 1.85. The molecule has 2 rings (SSSR count). The first kappa shape index (κ1) is 17.4. The number of amides is 1. The van der Waals surface area contributed by atoms with Gasteiger partial charge in [0.25, 0.3) is 5.91 Å². The molecule has 0 aliphatic heterocycles. The van der Waals surface area contributed by atoms with Crippen molar-refractivity contribution in [1.82, 2.24) is 5.43 Å². The first-order chi connectivity index (χ1) is 11.4. The Hall–Kier alpha value is -2.93. The first-order valence-corrected chi connectivity index (χ1v) is 7.10. The Labute approximate surface area is 143 Å². The SMILES string of the molecule is COc1cc(OC)cc(C(=O)N/N=C/c2cc(O)c(O)c(Cl)c2)c1. The van der Waals surface area contributed by atoms with E-state index in [4.69, 9.17) is 21.1 Å². The van der Waals surface area contributed by atoms with Crippen LogP contribution >= 0.6 is 11.6 Å². The third-order valence-electron chi connectivity index (χ3n) is 3.06. The van der Waals surface area contributed by atoms with Gasteiger partial charge in [0.1, 0.15) is 11.5 Å². The molecule has 0 atom stereocenters. The number of hydrogen-bond donors (Lipinski definition) is 3. The second kappa shape index (κ2) is 7.56. The van der Waals surface area contributed by atoms with Gasteiger partial charge in [0.15, 0.2) is 11.5 Å². The van der Waals surface area contributed by atoms with Crippen LogP contribution in [0.1, 0.15) is 15.9 Å². The molecular weight excluding hydrogens is 336 g/mol. The summed E-state index contributed by atoms with van der Waals surface area (Å²) in [6, 6.07) is 7.36. The highest BCUT2D eigenvalue weighted by Gasteiger charge is 2.09. The van der Waals surface area contributed by atoms with E-state index in [0.29, 0.717) is 22.6 Å². The largest absolute Gasteiger partial charge is 0.504 e. The van der Waals surface area contributed by atoms with Crippen molar-refractivity contribution in [1.29, 1.82) is 0 Å². The number of nitrogens with one attached hydrogen (secondary N) is 1. The van der Waals surface area contributed by atoms with Gasteiger partial charge in [-0.3, -0.25) is 4.79 Å². The van der Waals surface area contributed by atoms with Crippen LogP contribution in [-0.4, -0.2) is 36.6 Å². The number of hydrogen-bond acceptors (Lipinski definition) is 6. The molecule has 0 radical (unpaired) electrons. The third-order valence-corrected chi connectivity index (χ3v) is 3.35. The average Bonchev–Trinajstić information content (AvgIpc) is 2.58. The summed E-state index contributed by atoms with van der Waals surface area (Å²) in [7, 11) is 2.96. The lowest BCUT2D eigenvalue weighted by molar-refractivity contribution is 0.0954. The molecule has 0 saturated carbocycles. The summed E-state index contributed by atoms with van der Waals surface area (Å²) in [6.07, 6.45) is 1.28. The number of ether oxygens (including phenoxy) is 2. The van der Waals surface area contributed by atoms with Crippen LogP contribution in [0.3, 0.4) is 0 Å². The van der Waals surface area contributed by atoms with E-state index in [9.17, 15) is 15.0 Å². The quantitative estimate of drug-likeness (QED) is 0.437. The van der Waals surface area contributed by atoms with Gasteiger partial charge in [-0.1, -0.05) is 11.6 Å². The molecule has 0 aliphatic carbocycles. The normalized spacial score (nSPS) is 10.6. The first-order valence-electron chi connectivity index (χ1n) is 6.72. The van der Waals surface area contributed by atoms with Gasteiger partial charge >= 0.3 is 0 Å². The van der Waals surface area contributed by atoms with Crippen molar-refractivity contribution in [3.8, 4) is 23.0 Å². The number of hydrazone groups is 1. The number of methoxy groups -OCH3 is 2. The van der Waals surface area contributed by atoms with E-state index in [1.807, 2.05) is 0 Å². The van der Waals surface area contributed by atoms with Crippen molar-refractivity contribution in [2.75, 3.05) is 14.2 Å². The number of phenolic OH excluding ortho intramolecular Hbond substituents is 2. The predicted octanol–water partition coefficient (Wildman–Crippen LogP) is 2.53. The summed E-state index contributed by atoms with van der Waals surface area (Å²) >= 11 is 5.74. The molecule has 7 nitrogen and oxygen atoms in total. The van der Waals surface area contributed by atoms with Crippen molar-refractivity contribution in [3.63, 3.8) is 0 Å². The molecule has 0 aromatic heterocycles. The molecule has 3 N–H and O–H groups in total. The van der Waals surface area contributed by atoms with Gasteiger partial charge in [0.05, 0.1) is 25.5 Å². The van der Waals surface area contributed by atoms with Crippen molar-refractivity contribution >= 4 is 23.7 Å². The van der Waals surface area contributed by atoms with E-state index in [1.54, 1.807) is 6.07 Å². The molecule has 8 heteroatoms. The van der Waals surface area contributed by atoms with Crippen LogP contribution in [0.4, 0.5) is 0 Å². The van der Waals surface area contributed by atoms with Crippen LogP contribution < -0.4 is 14.9 Å². The minimum absolute atomic E-state index is 0.0275. The maximum absolute atomic E-state index is 12.1. The molecule has 0 spiro atoms. The zero-order valence-electron chi connectivity index (χ0n) is 12.9. The van der Waals surface area contributed by atoms with Gasteiger partial charge in [-0.2, -0.15) is 5.10 Å². The lowest BCUT2D eigenvalue weighted by Gasteiger charge is -2.07. The molecule has 1 amide bonds. The highest BCUT2D eigenvalue weighted by molar-refractivity contribution is 6.32. The van der Waals surface area contributed by atoms with Crippen LogP contribution in [0.5, 0.6) is 23.0 Å². The summed E-state index contributed by atoms with van der Waals surface area (Å²) in [6.45, 7) is 0. The van der Waals surface area contributed by atoms with Gasteiger partial charge in [-0.15, -0.1) is 0 Å². The summed E-state index contributed by atoms with van der Waals surface area (Å²) in [4.78, 5) is 12.1. The number of aromatic hydroxyl groups is 2. The molecular formula is C16H15ClN2O5. The van der Waals surface area contributed by atoms with E-state index >= 15 is 0 Å². The number of nitrogens with zero attached hydrogens (tertiary/aromatic N) is 1. The maximum Gasteiger partial charge on any atom is 0.271 e. The van der Waals surface area contributed by atoms with Crippen LogP contribution in [-0.2, 0) is 0 Å². The van der Waals surface area contributed by atoms with E-state index in [0.717, 1.165) is 0 Å². The van der Waals surface area contributed by atoms with E-state index in [2.05, 4.69) is 10.5 Å². The van der Waals surface area contributed by atoms with Crippen molar-refractivity contribution in [2.24, 2.45) is 5.10 Å². The third kappa shape index (κ3) is 4.08. The number of phenols is 2. The van der Waals surface area contributed by atoms with E-state index in [-0.39, 0.29) is 10.8 Å². The molecule has 0 aliphatic rings. The average molecular weight is 351 g/mol. The van der Waals surface area contributed by atoms with Crippen molar-refractivity contribution in [3.05, 3.63) is 46.5 Å². The van der Waals surface area contributed by atoms with Crippen LogP contribution in [0.2, 0.25) is 5.02 Å². The van der Waals surface area contributed by atoms with Crippen LogP contribution in [0, 0.1) is 0 Å². The molecule has 0 fully saturated rings. The topological polar surface area (TPSA) is 100 Å². The molecule has 24 heavy (non-hydrogen) atoms. The van der Waals surface area contributed by atoms with Gasteiger partial charge in [-0.25, -0.2) is 5.43 Å². The number of carbonyl (C=O) groups is 1. The fourth-order valence-corrected chi connectivity index (χ4v) is 2.07. The zero-order valence-corrected chi connectivity index (χ0v) is 13.7. The Kier molecular flexibility index (Phi) is 5.49. The minimum Gasteiger partial charge on any atom is -0.504 e. The Bertz CT molecular complexity index is 747. The van der Waals surface area contributed by atoms with Crippen LogP contribution in [0.15, 0.2) is 35.4 Å². The summed E-state index contributed by atoms with van der Waals surface area (Å²) in [5, 5.41) is 22.6. The molecule has 2 aromatic carbocycles. The molecule has 126 valence electrons. The zero-order chi connectivity index (χ0) is 17.7. The smallest absolute Gasteiger partial charge is 0.271 e. The Morgan fingerprint density at radius 1 is 1.12 bits per heavy atom. The number of carbonyl (C=O) groups excluding carboxylic acids is 1. The molecule has 0 heterocycles. The van der Waals surface area contributed by atoms with Crippen molar-refractivity contribution < 1.29 is 24.5 Å². The maximum atomic E-state index is 12.1. The standard InChI is InChI=1S/C16H15ClN2O5/c1-23-11-5-10(6-12(7-11)24-2)16(22)19-18-8-9-3-13(17)15(21)14(20)4-9/h3-8,20-21H,1-2H3,(H,19,22)/b18-8+. The minimum atomic E-state index is -0.474. The highest BCUT2D eigenvalue weighted by Crippen LogP contribution is 2.33. The fraction of sp³-hybridized carbons (Fsp3) is 0.125. The van der Waals surface area contributed by atoms with Gasteiger partial charge in [-0.05, 0) is 29.8 Å². The van der Waals surface area contributed by atoms with Gasteiger partial charge in [0.2, 0.25) is 0 Å². The Morgan fingerprint density at radius 3 is 2.29 bits per heavy atom. The second-order valence-electron chi connectivity index (χ2n) is 4.67. The predicted molar refractivity (Wildman–Crippen MR) is 89.4 cm³/mol. The lowest BCUT2D eigenvalue weighted by Crippen LogP contribution is -2.17. The van der Waals surface area contributed by atoms with Crippen molar-refractivity contribution in [2.45, 2.75) is 0 Å². The molecule has 0 saturated heterocycles. The molecule has 0 unspecified atom stereocenters. The molecule has 0 bridgehead atoms. The highest BCUT2D eigenvalue weighted by atomic mass is 35.5. The molecule has 2 aromatic rings. The lowest BCUT2D eigenvalue weighted by atomic mass is 10.2. The summed E-state index contributed by atoms with van der Waals surface area (Å²) < 4.78 is 10.2. The number of benzene rings is 2. The summed E-state index contributed by atoms with van der Waals surface area (Å²) in [5.41, 5.74) is 3.04. The van der Waals surface area contributed by atoms with E-state index in [1.165, 1.54) is 44.7 Å². The number of rotatable bonds is 5. The second-order valence-corrected chi connectivity index (χ2v) is 5.08. The number of halogens is 1. The monoisotopic (exact) mass is 350 g/mol.